The average molecular weight is 223 g/mol. The minimum atomic E-state index is -1.61. The van der Waals surface area contributed by atoms with Gasteiger partial charge in [0, 0.05) is 0 Å². The predicted octanol–water partition coefficient (Wildman–Crippen LogP) is -2.41. The second-order valence-electron chi connectivity index (χ2n) is 1.35. The quantitative estimate of drug-likeness (QED) is 0.515. The van der Waals surface area contributed by atoms with Gasteiger partial charge in [0.1, 0.15) is 0 Å². The van der Waals surface area contributed by atoms with Gasteiger partial charge in [-0.3, -0.25) is 0 Å². The van der Waals surface area contributed by atoms with Crippen molar-refractivity contribution in [1.29, 1.82) is 0 Å². The number of aliphatic hydroxyl groups is 2. The van der Waals surface area contributed by atoms with Gasteiger partial charge in [-0.2, -0.15) is 0 Å². The molecule has 0 heterocycles. The molecular formula is C4H6GeO6. The number of carbonyl (C=O) groups is 2. The van der Waals surface area contributed by atoms with E-state index < -0.39 is 41.3 Å². The van der Waals surface area contributed by atoms with Crippen LogP contribution in [0.4, 0.5) is 0 Å². The first-order valence-electron chi connectivity index (χ1n) is 2.56. The Hall–Kier alpha value is -0.597. The molecule has 0 unspecified atom stereocenters. The molecule has 0 atom stereocenters. The summed E-state index contributed by atoms with van der Waals surface area (Å²) in [5.41, 5.74) is 0. The molecule has 2 radical (unpaired) electrons. The number of hydrogen-bond acceptors (Lipinski definition) is 6. The van der Waals surface area contributed by atoms with Crippen molar-refractivity contribution in [2.45, 2.75) is 0 Å². The zero-order chi connectivity index (χ0) is 8.69. The van der Waals surface area contributed by atoms with Crippen LogP contribution in [-0.2, 0) is 17.1 Å². The van der Waals surface area contributed by atoms with E-state index in [-0.39, 0.29) is 0 Å². The standard InChI is InChI=1S/C4H6GeO6/c6-1-3(8)10-5-11-4(9)2-7/h6-7H,1-2H2. The van der Waals surface area contributed by atoms with Crippen molar-refractivity contribution in [2.24, 2.45) is 0 Å². The van der Waals surface area contributed by atoms with E-state index >= 15 is 0 Å². The molecule has 62 valence electrons. The molecule has 0 bridgehead atoms. The van der Waals surface area contributed by atoms with E-state index in [1.807, 2.05) is 0 Å². The zero-order valence-electron chi connectivity index (χ0n) is 5.44. The Kier molecular flexibility index (Phi) is 5.80. The summed E-state index contributed by atoms with van der Waals surface area (Å²) in [5, 5.41) is 16.2. The molecule has 0 amide bonds. The molecule has 0 saturated heterocycles. The first kappa shape index (κ1) is 10.4. The van der Waals surface area contributed by atoms with Crippen LogP contribution in [0.1, 0.15) is 0 Å². The summed E-state index contributed by atoms with van der Waals surface area (Å²) >= 11 is -1.61. The van der Waals surface area contributed by atoms with E-state index in [1.165, 1.54) is 0 Å². The third-order valence-electron chi connectivity index (χ3n) is 0.569. The Bertz CT molecular complexity index is 130. The van der Waals surface area contributed by atoms with Crippen LogP contribution in [0.25, 0.3) is 0 Å². The van der Waals surface area contributed by atoms with Crippen molar-refractivity contribution >= 4 is 28.0 Å². The molecule has 0 aliphatic rings. The minimum absolute atomic E-state index is 0.736. The molecule has 0 rings (SSSR count). The average Bonchev–Trinajstić information content (AvgIpc) is 2.04. The Morgan fingerprint density at radius 2 is 1.45 bits per heavy atom. The molecule has 11 heavy (non-hydrogen) atoms. The van der Waals surface area contributed by atoms with Crippen LogP contribution >= 0.6 is 0 Å². The fourth-order valence-corrected chi connectivity index (χ4v) is 0.927. The molecule has 2 N–H and O–H groups in total. The normalized spacial score (nSPS) is 8.91. The SMILES string of the molecule is O=C(CO)[O][Ge][O]C(=O)CO. The molecule has 0 aromatic carbocycles. The number of carbonyl (C=O) groups excluding carboxylic acids is 2. The number of aliphatic hydroxyl groups excluding tert-OH is 2. The van der Waals surface area contributed by atoms with Gasteiger partial charge < -0.3 is 0 Å². The van der Waals surface area contributed by atoms with E-state index in [2.05, 4.69) is 7.53 Å². The molecule has 0 aromatic rings. The maximum atomic E-state index is 10.2. The van der Waals surface area contributed by atoms with E-state index in [0.29, 0.717) is 0 Å². The zero-order valence-corrected chi connectivity index (χ0v) is 7.54. The first-order chi connectivity index (χ1) is 5.20. The van der Waals surface area contributed by atoms with Crippen molar-refractivity contribution in [1.82, 2.24) is 0 Å². The van der Waals surface area contributed by atoms with E-state index in [0.717, 1.165) is 0 Å². The third-order valence-corrected chi connectivity index (χ3v) is 1.87. The molecule has 7 heteroatoms. The Balaban J connectivity index is 3.27. The number of hydrogen-bond donors (Lipinski definition) is 2. The van der Waals surface area contributed by atoms with Crippen LogP contribution in [0.3, 0.4) is 0 Å². The fraction of sp³-hybridized carbons (Fsp3) is 0.500. The van der Waals surface area contributed by atoms with Gasteiger partial charge in [-0.15, -0.1) is 0 Å². The molecule has 0 spiro atoms. The summed E-state index contributed by atoms with van der Waals surface area (Å²) in [6.45, 7) is -1.47. The second kappa shape index (κ2) is 6.13. The van der Waals surface area contributed by atoms with E-state index in [4.69, 9.17) is 10.2 Å². The van der Waals surface area contributed by atoms with Crippen LogP contribution in [0.2, 0.25) is 0 Å². The third kappa shape index (κ3) is 5.83. The number of rotatable bonds is 4. The van der Waals surface area contributed by atoms with Crippen molar-refractivity contribution in [3.63, 3.8) is 0 Å². The predicted molar refractivity (Wildman–Crippen MR) is 32.1 cm³/mol. The maximum absolute atomic E-state index is 10.2. The van der Waals surface area contributed by atoms with Crippen LogP contribution in [0.5, 0.6) is 0 Å². The van der Waals surface area contributed by atoms with Gasteiger partial charge in [-0.25, -0.2) is 0 Å². The van der Waals surface area contributed by atoms with Crippen molar-refractivity contribution in [2.75, 3.05) is 13.2 Å². The van der Waals surface area contributed by atoms with Gasteiger partial charge in [-0.1, -0.05) is 0 Å². The fourth-order valence-electron chi connectivity index (χ4n) is 0.178. The molecule has 0 aromatic heterocycles. The molecule has 0 saturated carbocycles. The summed E-state index contributed by atoms with van der Waals surface area (Å²) in [4.78, 5) is 20.4. The summed E-state index contributed by atoms with van der Waals surface area (Å²) in [6.07, 6.45) is 0. The van der Waals surface area contributed by atoms with Crippen LogP contribution < -0.4 is 0 Å². The van der Waals surface area contributed by atoms with Gasteiger partial charge in [0.05, 0.1) is 0 Å². The van der Waals surface area contributed by atoms with Gasteiger partial charge >= 0.3 is 68.6 Å². The summed E-state index contributed by atoms with van der Waals surface area (Å²) in [7, 11) is 0. The van der Waals surface area contributed by atoms with Crippen LogP contribution in [0, 0.1) is 0 Å². The molecule has 6 nitrogen and oxygen atoms in total. The van der Waals surface area contributed by atoms with Crippen molar-refractivity contribution in [3.05, 3.63) is 0 Å². The Labute approximate surface area is 69.3 Å². The topological polar surface area (TPSA) is 93.1 Å². The van der Waals surface area contributed by atoms with Gasteiger partial charge in [0.2, 0.25) is 0 Å². The summed E-state index contributed by atoms with van der Waals surface area (Å²) < 4.78 is 8.49. The van der Waals surface area contributed by atoms with Gasteiger partial charge in [0.15, 0.2) is 0 Å². The van der Waals surface area contributed by atoms with Crippen LogP contribution in [0.15, 0.2) is 0 Å². The summed E-state index contributed by atoms with van der Waals surface area (Å²) in [5.74, 6) is -1.67. The molecule has 0 aliphatic carbocycles. The van der Waals surface area contributed by atoms with Crippen molar-refractivity contribution < 1.29 is 27.3 Å². The Morgan fingerprint density at radius 3 is 1.73 bits per heavy atom. The monoisotopic (exact) mass is 224 g/mol. The van der Waals surface area contributed by atoms with Crippen molar-refractivity contribution in [3.8, 4) is 0 Å². The molecular weight excluding hydrogens is 217 g/mol. The molecule has 0 aliphatic heterocycles. The van der Waals surface area contributed by atoms with Gasteiger partial charge in [0.25, 0.3) is 0 Å². The first-order valence-corrected chi connectivity index (χ1v) is 4.28. The Morgan fingerprint density at radius 1 is 1.09 bits per heavy atom. The van der Waals surface area contributed by atoms with E-state index in [1.54, 1.807) is 0 Å². The summed E-state index contributed by atoms with van der Waals surface area (Å²) in [6, 6.07) is 0. The van der Waals surface area contributed by atoms with Gasteiger partial charge in [-0.05, 0) is 0 Å². The van der Waals surface area contributed by atoms with E-state index in [9.17, 15) is 9.59 Å². The molecule has 0 fully saturated rings. The second-order valence-corrected chi connectivity index (χ2v) is 2.55. The van der Waals surface area contributed by atoms with Crippen LogP contribution in [-0.4, -0.2) is 51.5 Å².